The van der Waals surface area contributed by atoms with Crippen molar-refractivity contribution in [1.82, 2.24) is 15.8 Å². The summed E-state index contributed by atoms with van der Waals surface area (Å²) in [6.07, 6.45) is -0.432. The second kappa shape index (κ2) is 7.47. The number of ether oxygens (including phenoxy) is 1. The van der Waals surface area contributed by atoms with E-state index in [0.717, 1.165) is 0 Å². The number of rotatable bonds is 5. The van der Waals surface area contributed by atoms with Crippen molar-refractivity contribution in [2.24, 2.45) is 0 Å². The second-order valence-electron chi connectivity index (χ2n) is 6.34. The zero-order chi connectivity index (χ0) is 20.5. The fourth-order valence-electron chi connectivity index (χ4n) is 2.90. The number of nitrogens with zero attached hydrogens (tertiary/aromatic N) is 1. The molecule has 9 heteroatoms. The molecule has 0 unspecified atom stereocenters. The third-order valence-corrected chi connectivity index (χ3v) is 4.83. The first kappa shape index (κ1) is 19.6. The summed E-state index contributed by atoms with van der Waals surface area (Å²) in [4.78, 5) is 37.4. The minimum Gasteiger partial charge on any atom is -0.497 e. The van der Waals surface area contributed by atoms with E-state index in [1.807, 2.05) is 0 Å². The van der Waals surface area contributed by atoms with Crippen molar-refractivity contribution in [3.05, 3.63) is 64.4 Å². The zero-order valence-corrected chi connectivity index (χ0v) is 15.8. The molecular weight excluding hydrogens is 389 g/mol. The van der Waals surface area contributed by atoms with Crippen molar-refractivity contribution in [3.63, 3.8) is 0 Å². The van der Waals surface area contributed by atoms with Crippen molar-refractivity contribution in [2.75, 3.05) is 7.11 Å². The normalized spacial score (nSPS) is 18.8. The Morgan fingerprint density at radius 2 is 2.00 bits per heavy atom. The molecule has 2 N–H and O–H groups in total. The van der Waals surface area contributed by atoms with Crippen LogP contribution in [0.25, 0.3) is 0 Å². The molecule has 1 heterocycles. The van der Waals surface area contributed by atoms with Crippen molar-refractivity contribution < 1.29 is 23.5 Å². The molecule has 0 aliphatic carbocycles. The van der Waals surface area contributed by atoms with Gasteiger partial charge in [0.15, 0.2) is 0 Å². The van der Waals surface area contributed by atoms with E-state index < -0.39 is 35.6 Å². The zero-order valence-electron chi connectivity index (χ0n) is 15.1. The lowest BCUT2D eigenvalue weighted by Crippen LogP contribution is -2.48. The van der Waals surface area contributed by atoms with Gasteiger partial charge in [-0.25, -0.2) is 9.18 Å². The molecule has 0 saturated carbocycles. The number of halogens is 2. The fraction of sp³-hybridized carbons (Fsp3) is 0.211. The highest BCUT2D eigenvalue weighted by atomic mass is 35.5. The highest BCUT2D eigenvalue weighted by Gasteiger charge is 2.50. The van der Waals surface area contributed by atoms with Gasteiger partial charge >= 0.3 is 6.03 Å². The van der Waals surface area contributed by atoms with E-state index in [0.29, 0.717) is 16.3 Å². The molecule has 2 aromatic rings. The number of nitrogens with one attached hydrogen (secondary N) is 2. The molecule has 1 aliphatic heterocycles. The maximum atomic E-state index is 13.9. The molecule has 0 bridgehead atoms. The third-order valence-electron chi connectivity index (χ3n) is 4.47. The quantitative estimate of drug-likeness (QED) is 0.748. The van der Waals surface area contributed by atoms with Gasteiger partial charge in [-0.3, -0.25) is 15.0 Å². The van der Waals surface area contributed by atoms with Crippen molar-refractivity contribution >= 4 is 29.4 Å². The molecule has 3 rings (SSSR count). The van der Waals surface area contributed by atoms with Crippen LogP contribution >= 0.6 is 11.6 Å². The van der Waals surface area contributed by atoms with Gasteiger partial charge in [0.25, 0.3) is 5.91 Å². The number of carbonyl (C=O) groups excluding carboxylic acids is 3. The highest BCUT2D eigenvalue weighted by Crippen LogP contribution is 2.30. The number of hydrazine groups is 1. The van der Waals surface area contributed by atoms with Gasteiger partial charge in [0.2, 0.25) is 5.91 Å². The highest BCUT2D eigenvalue weighted by molar-refractivity contribution is 6.31. The number of urea groups is 1. The number of hydrogen-bond donors (Lipinski definition) is 2. The van der Waals surface area contributed by atoms with Crippen LogP contribution in [0.4, 0.5) is 9.18 Å². The van der Waals surface area contributed by atoms with Crippen LogP contribution in [0.2, 0.25) is 5.02 Å². The lowest BCUT2D eigenvalue weighted by atomic mass is 9.92. The van der Waals surface area contributed by atoms with Gasteiger partial charge in [-0.05, 0) is 36.8 Å². The topological polar surface area (TPSA) is 87.7 Å². The first-order valence-electron chi connectivity index (χ1n) is 8.30. The Balaban J connectivity index is 1.79. The Kier molecular flexibility index (Phi) is 5.24. The molecule has 4 amide bonds. The Bertz CT molecular complexity index is 948. The summed E-state index contributed by atoms with van der Waals surface area (Å²) in [7, 11) is 1.48. The van der Waals surface area contributed by atoms with Crippen LogP contribution in [0.1, 0.15) is 18.1 Å². The van der Waals surface area contributed by atoms with Gasteiger partial charge in [0, 0.05) is 10.6 Å². The fourth-order valence-corrected chi connectivity index (χ4v) is 3.13. The lowest BCUT2D eigenvalue weighted by molar-refractivity contribution is -0.138. The van der Waals surface area contributed by atoms with E-state index >= 15 is 0 Å². The monoisotopic (exact) mass is 405 g/mol. The van der Waals surface area contributed by atoms with Crippen LogP contribution in [-0.2, 0) is 21.5 Å². The first-order valence-corrected chi connectivity index (χ1v) is 8.67. The SMILES string of the molecule is COc1cccc([C@]2(C)NC(=O)N(NC(=O)Cc3c(F)cccc3Cl)C2=O)c1. The molecule has 1 aliphatic rings. The van der Waals surface area contributed by atoms with Crippen molar-refractivity contribution in [2.45, 2.75) is 18.9 Å². The van der Waals surface area contributed by atoms with Gasteiger partial charge < -0.3 is 10.1 Å². The smallest absolute Gasteiger partial charge is 0.344 e. The molecule has 146 valence electrons. The van der Waals surface area contributed by atoms with Crippen molar-refractivity contribution in [1.29, 1.82) is 0 Å². The Labute approximate surface area is 165 Å². The predicted molar refractivity (Wildman–Crippen MR) is 99.0 cm³/mol. The van der Waals surface area contributed by atoms with Gasteiger partial charge in [-0.2, -0.15) is 5.01 Å². The number of amides is 4. The summed E-state index contributed by atoms with van der Waals surface area (Å²) in [6.45, 7) is 1.52. The largest absolute Gasteiger partial charge is 0.497 e. The first-order chi connectivity index (χ1) is 13.3. The van der Waals surface area contributed by atoms with Gasteiger partial charge in [0.05, 0.1) is 13.5 Å². The molecule has 1 fully saturated rings. The van der Waals surface area contributed by atoms with Crippen LogP contribution in [0.3, 0.4) is 0 Å². The van der Waals surface area contributed by atoms with Crippen molar-refractivity contribution in [3.8, 4) is 5.75 Å². The van der Waals surface area contributed by atoms with Gasteiger partial charge in [-0.15, -0.1) is 0 Å². The molecule has 1 saturated heterocycles. The van der Waals surface area contributed by atoms with Crippen LogP contribution in [0.5, 0.6) is 5.75 Å². The minimum atomic E-state index is -1.39. The summed E-state index contributed by atoms with van der Waals surface area (Å²) in [6, 6.07) is 9.88. The van der Waals surface area contributed by atoms with Crippen LogP contribution in [0.15, 0.2) is 42.5 Å². The maximum absolute atomic E-state index is 13.9. The predicted octanol–water partition coefficient (Wildman–Crippen LogP) is 2.53. The number of hydrogen-bond acceptors (Lipinski definition) is 4. The summed E-state index contributed by atoms with van der Waals surface area (Å²) in [5, 5.41) is 3.21. The third kappa shape index (κ3) is 3.50. The second-order valence-corrected chi connectivity index (χ2v) is 6.75. The molecule has 28 heavy (non-hydrogen) atoms. The van der Waals surface area contributed by atoms with Gasteiger partial charge in [-0.1, -0.05) is 29.8 Å². The molecule has 0 aromatic heterocycles. The average molecular weight is 406 g/mol. The lowest BCUT2D eigenvalue weighted by Gasteiger charge is -2.22. The summed E-state index contributed by atoms with van der Waals surface area (Å²) in [5.74, 6) is -1.58. The number of imide groups is 1. The van der Waals surface area contributed by atoms with E-state index in [2.05, 4.69) is 10.7 Å². The van der Waals surface area contributed by atoms with E-state index in [1.54, 1.807) is 24.3 Å². The maximum Gasteiger partial charge on any atom is 0.344 e. The number of benzene rings is 2. The Morgan fingerprint density at radius 3 is 2.68 bits per heavy atom. The van der Waals surface area contributed by atoms with Crippen LogP contribution in [-0.4, -0.2) is 30.0 Å². The molecule has 0 radical (unpaired) electrons. The summed E-state index contributed by atoms with van der Waals surface area (Å²) >= 11 is 5.91. The molecule has 1 atom stereocenters. The Morgan fingerprint density at radius 1 is 1.29 bits per heavy atom. The molecular formula is C19H17ClFN3O4. The average Bonchev–Trinajstić information content (AvgIpc) is 2.89. The summed E-state index contributed by atoms with van der Waals surface area (Å²) in [5.41, 5.74) is 1.28. The molecule has 7 nitrogen and oxygen atoms in total. The number of methoxy groups -OCH3 is 1. The summed E-state index contributed by atoms with van der Waals surface area (Å²) < 4.78 is 19.0. The van der Waals surface area contributed by atoms with Gasteiger partial charge in [0.1, 0.15) is 17.1 Å². The molecule has 2 aromatic carbocycles. The standard InChI is InChI=1S/C19H17ClFN3O4/c1-19(11-5-3-6-12(9-11)28-2)17(26)24(18(27)22-19)23-16(25)10-13-14(20)7-4-8-15(13)21/h3-9H,10H2,1-2H3,(H,22,27)(H,23,25)/t19-/m0/s1. The minimum absolute atomic E-state index is 0.0238. The Hall–Kier alpha value is -3.13. The van der Waals surface area contributed by atoms with E-state index in [4.69, 9.17) is 16.3 Å². The van der Waals surface area contributed by atoms with E-state index in [9.17, 15) is 18.8 Å². The van der Waals surface area contributed by atoms with Crippen LogP contribution < -0.4 is 15.5 Å². The van der Waals surface area contributed by atoms with E-state index in [1.165, 1.54) is 32.2 Å². The number of carbonyl (C=O) groups is 3. The van der Waals surface area contributed by atoms with E-state index in [-0.39, 0.29) is 10.6 Å². The van der Waals surface area contributed by atoms with Crippen LogP contribution in [0, 0.1) is 5.82 Å². The molecule has 0 spiro atoms.